The van der Waals surface area contributed by atoms with E-state index in [0.29, 0.717) is 6.54 Å². The highest BCUT2D eigenvalue weighted by Crippen LogP contribution is 2.26. The summed E-state index contributed by atoms with van der Waals surface area (Å²) in [4.78, 5) is 24.4. The Hall–Kier alpha value is -1.88. The number of carboxylic acids is 1. The molecule has 1 aromatic rings. The van der Waals surface area contributed by atoms with E-state index in [1.165, 1.54) is 6.92 Å². The van der Waals surface area contributed by atoms with Gasteiger partial charge >= 0.3 is 5.97 Å². The van der Waals surface area contributed by atoms with Crippen molar-refractivity contribution >= 4 is 17.6 Å². The van der Waals surface area contributed by atoms with E-state index in [1.54, 1.807) is 4.90 Å². The van der Waals surface area contributed by atoms with Crippen LogP contribution in [0.2, 0.25) is 0 Å². The summed E-state index contributed by atoms with van der Waals surface area (Å²) in [6, 6.07) is 7.77. The quantitative estimate of drug-likeness (QED) is 0.893. The summed E-state index contributed by atoms with van der Waals surface area (Å²) in [5.74, 6) is -1.26. The second-order valence-corrected chi connectivity index (χ2v) is 4.57. The second kappa shape index (κ2) is 5.84. The lowest BCUT2D eigenvalue weighted by Gasteiger charge is -2.29. The molecule has 5 nitrogen and oxygen atoms in total. The summed E-state index contributed by atoms with van der Waals surface area (Å²) in [5.41, 5.74) is 2.05. The van der Waals surface area contributed by atoms with Gasteiger partial charge in [-0.25, -0.2) is 4.79 Å². The number of ether oxygens (including phenoxy) is 1. The smallest absolute Gasteiger partial charge is 0.332 e. The Labute approximate surface area is 111 Å². The maximum absolute atomic E-state index is 12.1. The Balaban J connectivity index is 2.03. The van der Waals surface area contributed by atoms with Gasteiger partial charge in [-0.15, -0.1) is 0 Å². The van der Waals surface area contributed by atoms with Gasteiger partial charge in [-0.3, -0.25) is 4.79 Å². The van der Waals surface area contributed by atoms with Gasteiger partial charge in [0.25, 0.3) is 5.91 Å². The van der Waals surface area contributed by atoms with Crippen LogP contribution in [0.5, 0.6) is 0 Å². The Morgan fingerprint density at radius 3 is 2.89 bits per heavy atom. The first-order valence-electron chi connectivity index (χ1n) is 6.32. The monoisotopic (exact) mass is 263 g/mol. The number of para-hydroxylation sites is 1. The van der Waals surface area contributed by atoms with Crippen LogP contribution >= 0.6 is 0 Å². The lowest BCUT2D eigenvalue weighted by Crippen LogP contribution is -2.39. The summed E-state index contributed by atoms with van der Waals surface area (Å²) < 4.78 is 5.04. The number of fused-ring (bicyclic) bond motifs is 1. The zero-order valence-electron chi connectivity index (χ0n) is 10.8. The van der Waals surface area contributed by atoms with Crippen molar-refractivity contribution in [1.82, 2.24) is 0 Å². The predicted octanol–water partition coefficient (Wildman–Crippen LogP) is 1.46. The van der Waals surface area contributed by atoms with E-state index in [9.17, 15) is 9.59 Å². The van der Waals surface area contributed by atoms with Gasteiger partial charge in [-0.2, -0.15) is 0 Å². The predicted molar refractivity (Wildman–Crippen MR) is 70.2 cm³/mol. The largest absolute Gasteiger partial charge is 0.479 e. The fourth-order valence-electron chi connectivity index (χ4n) is 2.14. The van der Waals surface area contributed by atoms with Gasteiger partial charge in [-0.1, -0.05) is 18.2 Å². The third-order valence-electron chi connectivity index (χ3n) is 3.22. The van der Waals surface area contributed by atoms with E-state index < -0.39 is 12.1 Å². The molecule has 1 N–H and O–H groups in total. The molecule has 1 atom stereocenters. The molecule has 0 aromatic heterocycles. The third-order valence-corrected chi connectivity index (χ3v) is 3.22. The third kappa shape index (κ3) is 3.12. The molecule has 0 bridgehead atoms. The number of nitrogens with zero attached hydrogens (tertiary/aromatic N) is 1. The minimum absolute atomic E-state index is 0.194. The molecular formula is C14H17NO4. The Morgan fingerprint density at radius 1 is 1.42 bits per heavy atom. The van der Waals surface area contributed by atoms with Crippen molar-refractivity contribution in [3.05, 3.63) is 29.8 Å². The van der Waals surface area contributed by atoms with Crippen LogP contribution in [0, 0.1) is 0 Å². The molecule has 1 aliphatic rings. The number of benzene rings is 1. The van der Waals surface area contributed by atoms with Gasteiger partial charge < -0.3 is 14.7 Å². The van der Waals surface area contributed by atoms with Crippen LogP contribution in [0.15, 0.2) is 24.3 Å². The Morgan fingerprint density at radius 2 is 2.16 bits per heavy atom. The Bertz CT molecular complexity index is 486. The van der Waals surface area contributed by atoms with E-state index in [-0.39, 0.29) is 12.5 Å². The molecule has 0 saturated heterocycles. The normalized spacial score (nSPS) is 15.7. The van der Waals surface area contributed by atoms with Crippen LogP contribution in [-0.2, 0) is 20.7 Å². The molecule has 2 rings (SSSR count). The maximum Gasteiger partial charge on any atom is 0.332 e. The zero-order valence-corrected chi connectivity index (χ0v) is 10.8. The average molecular weight is 263 g/mol. The minimum Gasteiger partial charge on any atom is -0.479 e. The molecule has 0 saturated carbocycles. The molecule has 0 fully saturated rings. The number of hydrogen-bond acceptors (Lipinski definition) is 3. The molecule has 0 spiro atoms. The molecule has 1 heterocycles. The fourth-order valence-corrected chi connectivity index (χ4v) is 2.14. The van der Waals surface area contributed by atoms with Crippen LogP contribution in [-0.4, -0.2) is 36.2 Å². The van der Waals surface area contributed by atoms with E-state index >= 15 is 0 Å². The van der Waals surface area contributed by atoms with E-state index in [2.05, 4.69) is 0 Å². The summed E-state index contributed by atoms with van der Waals surface area (Å²) in [7, 11) is 0. The fraction of sp³-hybridized carbons (Fsp3) is 0.429. The number of carboxylic acid groups (broad SMARTS) is 1. The topological polar surface area (TPSA) is 66.8 Å². The summed E-state index contributed by atoms with van der Waals surface area (Å²) in [5, 5.41) is 8.71. The lowest BCUT2D eigenvalue weighted by atomic mass is 10.0. The van der Waals surface area contributed by atoms with E-state index in [1.807, 2.05) is 24.3 Å². The molecular weight excluding hydrogens is 246 g/mol. The Kier molecular flexibility index (Phi) is 4.16. The van der Waals surface area contributed by atoms with Crippen molar-refractivity contribution in [3.63, 3.8) is 0 Å². The lowest BCUT2D eigenvalue weighted by molar-refractivity contribution is -0.150. The number of rotatable bonds is 4. The molecule has 0 aliphatic carbocycles. The molecule has 5 heteroatoms. The van der Waals surface area contributed by atoms with Crippen LogP contribution in [0.4, 0.5) is 5.69 Å². The minimum atomic E-state index is -1.06. The molecule has 1 amide bonds. The summed E-state index contributed by atoms with van der Waals surface area (Å²) in [6.45, 7) is 1.86. The van der Waals surface area contributed by atoms with Crippen LogP contribution in [0.3, 0.4) is 0 Å². The summed E-state index contributed by atoms with van der Waals surface area (Å²) in [6.07, 6.45) is 0.910. The van der Waals surface area contributed by atoms with Gasteiger partial charge in [0, 0.05) is 12.2 Å². The number of anilines is 1. The van der Waals surface area contributed by atoms with Gasteiger partial charge in [0.15, 0.2) is 6.10 Å². The SMILES string of the molecule is C[C@H](OCC(=O)N1CCCc2ccccc21)C(=O)O. The highest BCUT2D eigenvalue weighted by atomic mass is 16.5. The molecule has 0 radical (unpaired) electrons. The summed E-state index contributed by atoms with van der Waals surface area (Å²) >= 11 is 0. The highest BCUT2D eigenvalue weighted by molar-refractivity contribution is 5.95. The maximum atomic E-state index is 12.1. The van der Waals surface area contributed by atoms with Crippen LogP contribution < -0.4 is 4.90 Å². The number of carbonyl (C=O) groups is 2. The van der Waals surface area contributed by atoms with Crippen molar-refractivity contribution in [2.75, 3.05) is 18.1 Å². The molecule has 0 unspecified atom stereocenters. The van der Waals surface area contributed by atoms with Crippen molar-refractivity contribution < 1.29 is 19.4 Å². The van der Waals surface area contributed by atoms with Crippen molar-refractivity contribution in [2.24, 2.45) is 0 Å². The molecule has 1 aromatic carbocycles. The standard InChI is InChI=1S/C14H17NO4/c1-10(14(17)18)19-9-13(16)15-8-4-6-11-5-2-3-7-12(11)15/h2-3,5,7,10H,4,6,8-9H2,1H3,(H,17,18)/t10-/m0/s1. The molecule has 1 aliphatic heterocycles. The average Bonchev–Trinajstić information content (AvgIpc) is 2.43. The van der Waals surface area contributed by atoms with E-state index in [4.69, 9.17) is 9.84 Å². The van der Waals surface area contributed by atoms with E-state index in [0.717, 1.165) is 24.1 Å². The number of amides is 1. The first-order valence-corrected chi connectivity index (χ1v) is 6.32. The van der Waals surface area contributed by atoms with Crippen LogP contribution in [0.1, 0.15) is 18.9 Å². The van der Waals surface area contributed by atoms with Gasteiger partial charge in [0.1, 0.15) is 6.61 Å². The van der Waals surface area contributed by atoms with Crippen molar-refractivity contribution in [3.8, 4) is 0 Å². The molecule has 102 valence electrons. The second-order valence-electron chi connectivity index (χ2n) is 4.57. The number of carbonyl (C=O) groups excluding carboxylic acids is 1. The zero-order chi connectivity index (χ0) is 13.8. The molecule has 19 heavy (non-hydrogen) atoms. The number of aliphatic carboxylic acids is 1. The van der Waals surface area contributed by atoms with Crippen LogP contribution in [0.25, 0.3) is 0 Å². The van der Waals surface area contributed by atoms with Gasteiger partial charge in [0.05, 0.1) is 0 Å². The highest BCUT2D eigenvalue weighted by Gasteiger charge is 2.23. The number of hydrogen-bond donors (Lipinski definition) is 1. The van der Waals surface area contributed by atoms with Gasteiger partial charge in [0.2, 0.25) is 0 Å². The number of aryl methyl sites for hydroxylation is 1. The first-order chi connectivity index (χ1) is 9.09. The van der Waals surface area contributed by atoms with Crippen molar-refractivity contribution in [2.45, 2.75) is 25.9 Å². The first kappa shape index (κ1) is 13.5. The van der Waals surface area contributed by atoms with Crippen molar-refractivity contribution in [1.29, 1.82) is 0 Å². The van der Waals surface area contributed by atoms with Gasteiger partial charge in [-0.05, 0) is 31.4 Å².